The van der Waals surface area contributed by atoms with Crippen LogP contribution in [0.4, 0.5) is 23.7 Å². The molecule has 0 spiro atoms. The standard InChI is InChI=1S/C26H32F3N5O5/c1-25(2)12-19-21(20(36)13-25)22(26(27,28)29)33-34(19)15-5-8-17(23(30)37)18(11-15)32-14-3-6-16(7-4-14)39-24(38)31-9-10-35/h5,8,11,14,16,32,35H,3-4,6-7,9-10,12-13H2,1-2H3,(H2,30,37)(H,31,38). The zero-order valence-corrected chi connectivity index (χ0v) is 21.7. The summed E-state index contributed by atoms with van der Waals surface area (Å²) in [5.74, 6) is -1.31. The molecule has 2 aliphatic rings. The second kappa shape index (κ2) is 10.9. The Labute approximate surface area is 223 Å². The van der Waals surface area contributed by atoms with E-state index in [0.29, 0.717) is 31.4 Å². The van der Waals surface area contributed by atoms with Gasteiger partial charge < -0.3 is 26.2 Å². The lowest BCUT2D eigenvalue weighted by atomic mass is 9.75. The van der Waals surface area contributed by atoms with Gasteiger partial charge in [0.05, 0.1) is 29.1 Å². The molecule has 13 heteroatoms. The summed E-state index contributed by atoms with van der Waals surface area (Å²) < 4.78 is 48.0. The van der Waals surface area contributed by atoms with Crippen molar-refractivity contribution in [1.29, 1.82) is 0 Å². The van der Waals surface area contributed by atoms with Crippen molar-refractivity contribution in [1.82, 2.24) is 15.1 Å². The van der Waals surface area contributed by atoms with Gasteiger partial charge in [0.15, 0.2) is 11.5 Å². The van der Waals surface area contributed by atoms with Crippen LogP contribution in [0.15, 0.2) is 18.2 Å². The Morgan fingerprint density at radius 2 is 1.90 bits per heavy atom. The third-order valence-corrected chi connectivity index (χ3v) is 7.02. The van der Waals surface area contributed by atoms with Crippen LogP contribution in [0.2, 0.25) is 0 Å². The molecule has 2 amide bonds. The van der Waals surface area contributed by atoms with Gasteiger partial charge in [0.1, 0.15) is 6.10 Å². The molecule has 4 rings (SSSR count). The van der Waals surface area contributed by atoms with E-state index in [1.165, 1.54) is 18.2 Å². The molecule has 2 aliphatic carbocycles. The summed E-state index contributed by atoms with van der Waals surface area (Å²) in [6, 6.07) is 4.29. The number of nitrogens with one attached hydrogen (secondary N) is 2. The molecule has 1 saturated carbocycles. The van der Waals surface area contributed by atoms with Crippen LogP contribution in [0.25, 0.3) is 5.69 Å². The van der Waals surface area contributed by atoms with Gasteiger partial charge in [0.25, 0.3) is 5.91 Å². The molecular formula is C26H32F3N5O5. The quantitative estimate of drug-likeness (QED) is 0.411. The minimum atomic E-state index is -4.81. The van der Waals surface area contributed by atoms with Crippen molar-refractivity contribution in [2.75, 3.05) is 18.5 Å². The Kier molecular flexibility index (Phi) is 7.92. The largest absolute Gasteiger partial charge is 0.446 e. The van der Waals surface area contributed by atoms with Crippen molar-refractivity contribution in [3.8, 4) is 5.69 Å². The number of carbonyl (C=O) groups is 3. The van der Waals surface area contributed by atoms with Gasteiger partial charge in [-0.25, -0.2) is 9.48 Å². The first kappa shape index (κ1) is 28.4. The van der Waals surface area contributed by atoms with E-state index in [-0.39, 0.29) is 55.1 Å². The lowest BCUT2D eigenvalue weighted by Crippen LogP contribution is -2.35. The number of ketones is 1. The highest BCUT2D eigenvalue weighted by atomic mass is 19.4. The molecule has 10 nitrogen and oxygen atoms in total. The number of benzene rings is 1. The number of alkyl carbamates (subject to hydrolysis) is 1. The Balaban J connectivity index is 1.60. The number of rotatable bonds is 7. The molecule has 2 aromatic rings. The number of fused-ring (bicyclic) bond motifs is 1. The van der Waals surface area contributed by atoms with E-state index < -0.39 is 40.6 Å². The summed E-state index contributed by atoms with van der Waals surface area (Å²) in [5, 5.41) is 18.3. The number of amides is 2. The number of nitrogens with two attached hydrogens (primary N) is 1. The number of aliphatic hydroxyl groups is 1. The number of primary amides is 1. The minimum Gasteiger partial charge on any atom is -0.446 e. The third kappa shape index (κ3) is 6.35. The predicted molar refractivity (Wildman–Crippen MR) is 135 cm³/mol. The molecule has 1 aromatic heterocycles. The molecule has 0 bridgehead atoms. The molecular weight excluding hydrogens is 519 g/mol. The summed E-state index contributed by atoms with van der Waals surface area (Å²) in [7, 11) is 0. The highest BCUT2D eigenvalue weighted by molar-refractivity contribution is 6.00. The van der Waals surface area contributed by atoms with Crippen molar-refractivity contribution >= 4 is 23.5 Å². The van der Waals surface area contributed by atoms with Crippen LogP contribution in [0.5, 0.6) is 0 Å². The number of halogens is 3. The lowest BCUT2D eigenvalue weighted by molar-refractivity contribution is -0.141. The fraction of sp³-hybridized carbons (Fsp3) is 0.538. The van der Waals surface area contributed by atoms with E-state index in [1.807, 2.05) is 13.8 Å². The first-order valence-electron chi connectivity index (χ1n) is 12.8. The van der Waals surface area contributed by atoms with Crippen LogP contribution in [-0.4, -0.2) is 58.0 Å². The number of aliphatic hydroxyl groups excluding tert-OH is 1. The maximum absolute atomic E-state index is 13.9. The maximum Gasteiger partial charge on any atom is 0.435 e. The molecule has 0 unspecified atom stereocenters. The van der Waals surface area contributed by atoms with Gasteiger partial charge in [0.2, 0.25) is 0 Å². The normalized spacial score (nSPS) is 20.7. The molecule has 39 heavy (non-hydrogen) atoms. The molecule has 0 saturated heterocycles. The molecule has 212 valence electrons. The van der Waals surface area contributed by atoms with Gasteiger partial charge in [-0.05, 0) is 55.7 Å². The molecule has 1 fully saturated rings. The summed E-state index contributed by atoms with van der Waals surface area (Å²) in [5.41, 5.74) is 4.35. The summed E-state index contributed by atoms with van der Waals surface area (Å²) in [4.78, 5) is 36.7. The topological polar surface area (TPSA) is 149 Å². The van der Waals surface area contributed by atoms with E-state index >= 15 is 0 Å². The Morgan fingerprint density at radius 3 is 2.51 bits per heavy atom. The van der Waals surface area contributed by atoms with Crippen molar-refractivity contribution < 1.29 is 37.4 Å². The number of hydrogen-bond donors (Lipinski definition) is 4. The number of carbonyl (C=O) groups excluding carboxylic acids is 3. The lowest BCUT2D eigenvalue weighted by Gasteiger charge is -2.30. The van der Waals surface area contributed by atoms with Crippen molar-refractivity contribution in [2.24, 2.45) is 11.1 Å². The van der Waals surface area contributed by atoms with Crippen LogP contribution < -0.4 is 16.4 Å². The summed E-state index contributed by atoms with van der Waals surface area (Å²) >= 11 is 0. The molecule has 0 atom stereocenters. The zero-order valence-electron chi connectivity index (χ0n) is 21.7. The first-order valence-corrected chi connectivity index (χ1v) is 12.8. The van der Waals surface area contributed by atoms with Crippen molar-refractivity contribution in [3.05, 3.63) is 40.7 Å². The highest BCUT2D eigenvalue weighted by Crippen LogP contribution is 2.42. The smallest absolute Gasteiger partial charge is 0.435 e. The van der Waals surface area contributed by atoms with Crippen LogP contribution in [0.3, 0.4) is 0 Å². The van der Waals surface area contributed by atoms with Crippen LogP contribution >= 0.6 is 0 Å². The first-order chi connectivity index (χ1) is 18.3. The number of anilines is 1. The van der Waals surface area contributed by atoms with Crippen molar-refractivity contribution in [2.45, 2.75) is 70.7 Å². The molecule has 5 N–H and O–H groups in total. The van der Waals surface area contributed by atoms with E-state index in [9.17, 15) is 27.6 Å². The number of alkyl halides is 3. The second-order valence-corrected chi connectivity index (χ2v) is 10.8. The van der Waals surface area contributed by atoms with E-state index in [2.05, 4.69) is 15.7 Å². The van der Waals surface area contributed by atoms with Gasteiger partial charge >= 0.3 is 12.3 Å². The molecule has 1 aromatic carbocycles. The third-order valence-electron chi connectivity index (χ3n) is 7.02. The SMILES string of the molecule is CC1(C)CC(=O)c2c(C(F)(F)F)nn(-c3ccc(C(N)=O)c(NC4CCC(OC(=O)NCCO)CC4)c3)c2C1. The van der Waals surface area contributed by atoms with Crippen LogP contribution in [0, 0.1) is 5.41 Å². The van der Waals surface area contributed by atoms with E-state index in [4.69, 9.17) is 15.6 Å². The number of Topliss-reactive ketones (excluding diaryl/α,β-unsaturated/α-hetero) is 1. The van der Waals surface area contributed by atoms with Gasteiger partial charge in [0, 0.05) is 24.7 Å². The maximum atomic E-state index is 13.9. The monoisotopic (exact) mass is 551 g/mol. The van der Waals surface area contributed by atoms with Gasteiger partial charge in [-0.3, -0.25) is 9.59 Å². The molecule has 0 radical (unpaired) electrons. The molecule has 0 aliphatic heterocycles. The van der Waals surface area contributed by atoms with Crippen LogP contribution in [-0.2, 0) is 17.3 Å². The van der Waals surface area contributed by atoms with E-state index in [0.717, 1.165) is 4.68 Å². The van der Waals surface area contributed by atoms with Gasteiger partial charge in [-0.15, -0.1) is 0 Å². The number of ether oxygens (including phenoxy) is 1. The van der Waals surface area contributed by atoms with Gasteiger partial charge in [-0.1, -0.05) is 13.8 Å². The Hall–Kier alpha value is -3.61. The Morgan fingerprint density at radius 1 is 1.21 bits per heavy atom. The van der Waals surface area contributed by atoms with E-state index in [1.54, 1.807) is 0 Å². The number of nitrogens with zero attached hydrogens (tertiary/aromatic N) is 2. The second-order valence-electron chi connectivity index (χ2n) is 10.8. The average molecular weight is 552 g/mol. The fourth-order valence-electron chi connectivity index (χ4n) is 5.25. The van der Waals surface area contributed by atoms with Crippen LogP contribution in [0.1, 0.15) is 78.1 Å². The Bertz CT molecular complexity index is 1270. The average Bonchev–Trinajstić information content (AvgIpc) is 3.23. The van der Waals surface area contributed by atoms with Crippen molar-refractivity contribution in [3.63, 3.8) is 0 Å². The number of hydrogen-bond acceptors (Lipinski definition) is 7. The predicted octanol–water partition coefficient (Wildman–Crippen LogP) is 3.59. The molecule has 1 heterocycles. The summed E-state index contributed by atoms with van der Waals surface area (Å²) in [6.45, 7) is 3.54. The summed E-state index contributed by atoms with van der Waals surface area (Å²) in [6.07, 6.45) is -3.23. The fourth-order valence-corrected chi connectivity index (χ4v) is 5.25. The minimum absolute atomic E-state index is 0.0162. The van der Waals surface area contributed by atoms with Gasteiger partial charge in [-0.2, -0.15) is 18.3 Å². The zero-order chi connectivity index (χ0) is 28.5. The highest BCUT2D eigenvalue weighted by Gasteiger charge is 2.45. The number of aromatic nitrogens is 2.